The molecule has 1 rings (SSSR count). The number of carbonyl (C=O) groups excluding carboxylic acids is 2. The third-order valence-electron chi connectivity index (χ3n) is 1.46. The molecule has 0 aliphatic heterocycles. The summed E-state index contributed by atoms with van der Waals surface area (Å²) in [6.45, 7) is 0. The Morgan fingerprint density at radius 1 is 1.00 bits per heavy atom. The van der Waals surface area contributed by atoms with Gasteiger partial charge in [-0.15, -0.1) is 0 Å². The van der Waals surface area contributed by atoms with Gasteiger partial charge in [-0.2, -0.15) is 0 Å². The number of rotatable bonds is 0. The first-order valence-corrected chi connectivity index (χ1v) is 4.78. The quantitative estimate of drug-likeness (QED) is 0.624. The van der Waals surface area contributed by atoms with Gasteiger partial charge in [0.25, 0.3) is 0 Å². The minimum absolute atomic E-state index is 0.112. The Morgan fingerprint density at radius 2 is 1.30 bits per heavy atom. The molecule has 0 saturated heterocycles. The minimum Gasteiger partial charge on any atom is -0.298 e. The molecule has 0 heterocycles. The van der Waals surface area contributed by atoms with Crippen molar-refractivity contribution in [1.82, 2.24) is 0 Å². The number of Topliss-reactive ketones (excluding diaryl/α,β-unsaturated/α-hetero) is 2. The van der Waals surface area contributed by atoms with Gasteiger partial charge in [-0.05, 0) is 0 Å². The van der Waals surface area contributed by atoms with E-state index >= 15 is 0 Å². The summed E-state index contributed by atoms with van der Waals surface area (Å²) in [6.07, 6.45) is 0.656. The first-order valence-electron chi connectivity index (χ1n) is 2.95. The largest absolute Gasteiger partial charge is 0.298 e. The summed E-state index contributed by atoms with van der Waals surface area (Å²) in [5.41, 5.74) is 0. The normalized spacial score (nSPS) is 34.6. The fourth-order valence-electron chi connectivity index (χ4n) is 0.837. The molecule has 1 aliphatic rings. The van der Waals surface area contributed by atoms with Gasteiger partial charge in [-0.1, -0.05) is 31.9 Å². The molecule has 0 bridgehead atoms. The fraction of sp³-hybridized carbons (Fsp3) is 0.667. The van der Waals surface area contributed by atoms with Crippen molar-refractivity contribution in [3.05, 3.63) is 0 Å². The van der Waals surface area contributed by atoms with Crippen LogP contribution in [0.15, 0.2) is 0 Å². The van der Waals surface area contributed by atoms with Gasteiger partial charge in [-0.3, -0.25) is 9.59 Å². The van der Waals surface area contributed by atoms with Crippen LogP contribution in [0.2, 0.25) is 0 Å². The third kappa shape index (κ3) is 1.66. The zero-order valence-corrected chi connectivity index (χ0v) is 8.31. The maximum absolute atomic E-state index is 10.9. The smallest absolute Gasteiger partial charge is 0.148 e. The summed E-state index contributed by atoms with van der Waals surface area (Å²) in [5, 5.41) is 0. The minimum atomic E-state index is -0.242. The molecule has 0 N–H and O–H groups in total. The number of hydrogen-bond acceptors (Lipinski definition) is 2. The van der Waals surface area contributed by atoms with Crippen LogP contribution in [0.4, 0.5) is 0 Å². The summed E-state index contributed by atoms with van der Waals surface area (Å²) >= 11 is 6.26. The van der Waals surface area contributed by atoms with Crippen LogP contribution in [-0.4, -0.2) is 21.2 Å². The molecule has 0 aromatic heterocycles. The van der Waals surface area contributed by atoms with E-state index in [1.807, 2.05) is 0 Å². The van der Waals surface area contributed by atoms with Gasteiger partial charge < -0.3 is 0 Å². The molecule has 56 valence electrons. The highest BCUT2D eigenvalue weighted by Crippen LogP contribution is 2.23. The molecule has 0 radical (unpaired) electrons. The maximum atomic E-state index is 10.9. The monoisotopic (exact) mass is 268 g/mol. The molecule has 2 atom stereocenters. The lowest BCUT2D eigenvalue weighted by Gasteiger charge is -2.17. The van der Waals surface area contributed by atoms with Crippen LogP contribution in [0.25, 0.3) is 0 Å². The summed E-state index contributed by atoms with van der Waals surface area (Å²) in [6, 6.07) is 0. The molecule has 1 saturated carbocycles. The number of alkyl halides is 2. The van der Waals surface area contributed by atoms with E-state index < -0.39 is 0 Å². The SMILES string of the molecule is O=C1C[C@@H](Br)C(=O)C[C@H]1Br. The van der Waals surface area contributed by atoms with Gasteiger partial charge in [0.1, 0.15) is 11.6 Å². The van der Waals surface area contributed by atoms with Crippen molar-refractivity contribution in [2.24, 2.45) is 0 Å². The Bertz CT molecular complexity index is 159. The van der Waals surface area contributed by atoms with Crippen molar-refractivity contribution < 1.29 is 9.59 Å². The molecule has 0 amide bonds. The van der Waals surface area contributed by atoms with Crippen LogP contribution in [0.3, 0.4) is 0 Å². The molecule has 0 unspecified atom stereocenters. The van der Waals surface area contributed by atoms with Crippen LogP contribution in [-0.2, 0) is 9.59 Å². The molecule has 1 aliphatic carbocycles. The third-order valence-corrected chi connectivity index (χ3v) is 3.13. The van der Waals surface area contributed by atoms with Crippen molar-refractivity contribution >= 4 is 43.4 Å². The molecule has 10 heavy (non-hydrogen) atoms. The van der Waals surface area contributed by atoms with E-state index in [1.165, 1.54) is 0 Å². The van der Waals surface area contributed by atoms with Gasteiger partial charge in [0, 0.05) is 12.8 Å². The van der Waals surface area contributed by atoms with E-state index in [9.17, 15) is 9.59 Å². The average molecular weight is 270 g/mol. The Hall–Kier alpha value is 0.300. The van der Waals surface area contributed by atoms with Crippen LogP contribution in [0.5, 0.6) is 0 Å². The Kier molecular flexibility index (Phi) is 2.63. The Labute approximate surface area is 75.6 Å². The highest BCUT2D eigenvalue weighted by atomic mass is 79.9. The van der Waals surface area contributed by atoms with E-state index in [-0.39, 0.29) is 21.2 Å². The molecule has 0 aromatic rings. The van der Waals surface area contributed by atoms with Crippen LogP contribution < -0.4 is 0 Å². The van der Waals surface area contributed by atoms with E-state index in [0.29, 0.717) is 12.8 Å². The van der Waals surface area contributed by atoms with Gasteiger partial charge in [0.05, 0.1) is 9.65 Å². The van der Waals surface area contributed by atoms with Crippen LogP contribution in [0.1, 0.15) is 12.8 Å². The summed E-state index contributed by atoms with van der Waals surface area (Å²) in [5.74, 6) is 0.225. The number of halogens is 2. The first-order chi connectivity index (χ1) is 4.61. The van der Waals surface area contributed by atoms with Gasteiger partial charge in [0.2, 0.25) is 0 Å². The Balaban J connectivity index is 2.63. The van der Waals surface area contributed by atoms with E-state index in [1.54, 1.807) is 0 Å². The summed E-state index contributed by atoms with van der Waals surface area (Å²) in [4.78, 5) is 21.4. The van der Waals surface area contributed by atoms with E-state index in [2.05, 4.69) is 31.9 Å². The van der Waals surface area contributed by atoms with Crippen molar-refractivity contribution in [1.29, 1.82) is 0 Å². The van der Waals surface area contributed by atoms with Crippen molar-refractivity contribution in [3.63, 3.8) is 0 Å². The number of hydrogen-bond donors (Lipinski definition) is 0. The zero-order valence-electron chi connectivity index (χ0n) is 5.14. The highest BCUT2D eigenvalue weighted by molar-refractivity contribution is 9.10. The lowest BCUT2D eigenvalue weighted by Crippen LogP contribution is -2.32. The Morgan fingerprint density at radius 3 is 1.60 bits per heavy atom. The van der Waals surface area contributed by atoms with E-state index in [0.717, 1.165) is 0 Å². The predicted octanol–water partition coefficient (Wildman–Crippen LogP) is 1.45. The second-order valence-corrected chi connectivity index (χ2v) is 4.49. The zero-order chi connectivity index (χ0) is 7.72. The van der Waals surface area contributed by atoms with Crippen LogP contribution >= 0.6 is 31.9 Å². The average Bonchev–Trinajstić information content (AvgIpc) is 1.84. The maximum Gasteiger partial charge on any atom is 0.148 e. The van der Waals surface area contributed by atoms with E-state index in [4.69, 9.17) is 0 Å². The summed E-state index contributed by atoms with van der Waals surface area (Å²) < 4.78 is 0. The summed E-state index contributed by atoms with van der Waals surface area (Å²) in [7, 11) is 0. The van der Waals surface area contributed by atoms with Crippen molar-refractivity contribution in [2.45, 2.75) is 22.5 Å². The molecule has 0 aromatic carbocycles. The predicted molar refractivity (Wildman–Crippen MR) is 44.7 cm³/mol. The van der Waals surface area contributed by atoms with Gasteiger partial charge in [0.15, 0.2) is 0 Å². The van der Waals surface area contributed by atoms with Gasteiger partial charge in [-0.25, -0.2) is 0 Å². The van der Waals surface area contributed by atoms with Crippen molar-refractivity contribution in [3.8, 4) is 0 Å². The standard InChI is InChI=1S/C6H6Br2O2/c7-3-1-5(9)4(8)2-6(3)10/h3-4H,1-2H2/t3-,4-/m1/s1. The first kappa shape index (κ1) is 8.40. The second kappa shape index (κ2) is 3.13. The lowest BCUT2D eigenvalue weighted by molar-refractivity contribution is -0.127. The van der Waals surface area contributed by atoms with Gasteiger partial charge >= 0.3 is 0 Å². The fourth-order valence-corrected chi connectivity index (χ4v) is 1.85. The molecule has 2 nitrogen and oxygen atoms in total. The number of ketones is 2. The molecular formula is C6H6Br2O2. The van der Waals surface area contributed by atoms with Crippen LogP contribution in [0, 0.1) is 0 Å². The number of carbonyl (C=O) groups is 2. The molecule has 0 spiro atoms. The molecular weight excluding hydrogens is 264 g/mol. The lowest BCUT2D eigenvalue weighted by atomic mass is 9.98. The molecule has 1 fully saturated rings. The topological polar surface area (TPSA) is 34.1 Å². The highest BCUT2D eigenvalue weighted by Gasteiger charge is 2.31. The molecule has 4 heteroatoms. The van der Waals surface area contributed by atoms with Crippen molar-refractivity contribution in [2.75, 3.05) is 0 Å². The second-order valence-electron chi connectivity index (χ2n) is 2.28.